The average molecular weight is 338 g/mol. The second-order valence-corrected chi connectivity index (χ2v) is 6.78. The molecule has 0 saturated carbocycles. The van der Waals surface area contributed by atoms with Crippen molar-refractivity contribution in [2.24, 2.45) is 5.10 Å². The molecule has 25 heavy (non-hydrogen) atoms. The molecule has 1 atom stereocenters. The Labute approximate surface area is 149 Å². The molecule has 0 radical (unpaired) electrons. The van der Waals surface area contributed by atoms with Gasteiger partial charge < -0.3 is 4.74 Å². The highest BCUT2D eigenvalue weighted by molar-refractivity contribution is 5.87. The number of ether oxygens (including phenoxy) is 1. The number of carbonyl (C=O) groups excluding carboxylic acids is 1. The molecule has 4 nitrogen and oxygen atoms in total. The van der Waals surface area contributed by atoms with Gasteiger partial charge in [-0.3, -0.25) is 4.79 Å². The van der Waals surface area contributed by atoms with Gasteiger partial charge in [0.25, 0.3) is 5.91 Å². The van der Waals surface area contributed by atoms with Crippen LogP contribution < -0.4 is 5.43 Å². The van der Waals surface area contributed by atoms with Gasteiger partial charge in [0.05, 0.1) is 0 Å². The van der Waals surface area contributed by atoms with Gasteiger partial charge in [0, 0.05) is 12.8 Å². The lowest BCUT2D eigenvalue weighted by atomic mass is 9.80. The number of nitrogens with one attached hydrogen (secondary N) is 1. The Morgan fingerprint density at radius 2 is 1.64 bits per heavy atom. The number of hydrazone groups is 1. The molecule has 0 aliphatic carbocycles. The Hall–Kier alpha value is -2.46. The van der Waals surface area contributed by atoms with Crippen LogP contribution in [0.5, 0.6) is 0 Å². The summed E-state index contributed by atoms with van der Waals surface area (Å²) >= 11 is 0. The average Bonchev–Trinajstić information content (AvgIpc) is 2.62. The molecule has 0 saturated heterocycles. The van der Waals surface area contributed by atoms with Crippen molar-refractivity contribution in [3.63, 3.8) is 0 Å². The fourth-order valence-corrected chi connectivity index (χ4v) is 2.90. The third-order valence-electron chi connectivity index (χ3n) is 4.19. The summed E-state index contributed by atoms with van der Waals surface area (Å²) in [5.74, 6) is -0.273. The molecule has 2 rings (SSSR count). The van der Waals surface area contributed by atoms with Crippen molar-refractivity contribution in [1.82, 2.24) is 5.43 Å². The summed E-state index contributed by atoms with van der Waals surface area (Å²) in [5, 5.41) is 4.27. The number of hydrogen-bond donors (Lipinski definition) is 1. The molecule has 0 bridgehead atoms. The molecule has 0 aliphatic heterocycles. The summed E-state index contributed by atoms with van der Waals surface area (Å²) < 4.78 is 5.32. The van der Waals surface area contributed by atoms with E-state index < -0.39 is 6.10 Å². The van der Waals surface area contributed by atoms with Gasteiger partial charge in [0.1, 0.15) is 0 Å². The van der Waals surface area contributed by atoms with E-state index in [1.165, 1.54) is 12.7 Å². The van der Waals surface area contributed by atoms with Crippen LogP contribution in [0.4, 0.5) is 0 Å². The molecule has 1 N–H and O–H groups in total. The van der Waals surface area contributed by atoms with E-state index in [2.05, 4.69) is 36.5 Å². The molecule has 2 aromatic carbocycles. The van der Waals surface area contributed by atoms with Crippen LogP contribution in [0.25, 0.3) is 0 Å². The summed E-state index contributed by atoms with van der Waals surface area (Å²) in [6.07, 6.45) is 0.0835. The Balaban J connectivity index is 2.01. The van der Waals surface area contributed by atoms with E-state index in [-0.39, 0.29) is 11.3 Å². The minimum Gasteiger partial charge on any atom is -0.367 e. The largest absolute Gasteiger partial charge is 0.367 e. The van der Waals surface area contributed by atoms with Crippen LogP contribution in [0.2, 0.25) is 0 Å². The highest BCUT2D eigenvalue weighted by Gasteiger charge is 2.22. The van der Waals surface area contributed by atoms with Gasteiger partial charge in [-0.15, -0.1) is 0 Å². The van der Waals surface area contributed by atoms with Crippen LogP contribution in [0.15, 0.2) is 65.8 Å². The van der Waals surface area contributed by atoms with Gasteiger partial charge in [-0.1, -0.05) is 74.5 Å². The van der Waals surface area contributed by atoms with Crippen molar-refractivity contribution in [3.8, 4) is 0 Å². The number of nitrogens with zero attached hydrogens (tertiary/aromatic N) is 1. The van der Waals surface area contributed by atoms with Crippen molar-refractivity contribution in [2.45, 2.75) is 38.7 Å². The van der Waals surface area contributed by atoms with Crippen LogP contribution in [0.1, 0.15) is 44.4 Å². The summed E-state index contributed by atoms with van der Waals surface area (Å²) in [6.45, 7) is 6.27. The smallest absolute Gasteiger partial charge is 0.273 e. The molecular formula is C21H26N2O2. The maximum atomic E-state index is 12.4. The second kappa shape index (κ2) is 8.58. The zero-order valence-corrected chi connectivity index (χ0v) is 15.3. The summed E-state index contributed by atoms with van der Waals surface area (Å²) in [6, 6.07) is 19.7. The summed E-state index contributed by atoms with van der Waals surface area (Å²) in [4.78, 5) is 12.4. The van der Waals surface area contributed by atoms with Gasteiger partial charge in [0.15, 0.2) is 6.10 Å². The van der Waals surface area contributed by atoms with Crippen molar-refractivity contribution < 1.29 is 9.53 Å². The van der Waals surface area contributed by atoms with E-state index in [9.17, 15) is 4.79 Å². The molecule has 0 aliphatic rings. The highest BCUT2D eigenvalue weighted by Crippen LogP contribution is 2.27. The van der Waals surface area contributed by atoms with Gasteiger partial charge >= 0.3 is 0 Å². The Bertz CT molecular complexity index is 709. The first-order chi connectivity index (χ1) is 11.9. The lowest BCUT2D eigenvalue weighted by Gasteiger charge is -2.25. The standard InChI is InChI=1S/C21H26N2O2/c1-16(15-21(2,3)18-13-9-6-10-14-18)22-23-20(24)19(25-4)17-11-7-5-8-12-17/h5-14,19H,15H2,1-4H3,(H,23,24)/b22-16+. The van der Waals surface area contributed by atoms with Gasteiger partial charge in [-0.2, -0.15) is 5.10 Å². The molecule has 1 amide bonds. The first kappa shape index (κ1) is 18.9. The number of carbonyl (C=O) groups is 1. The molecular weight excluding hydrogens is 312 g/mol. The van der Waals surface area contributed by atoms with Crippen molar-refractivity contribution in [1.29, 1.82) is 0 Å². The zero-order chi connectivity index (χ0) is 18.3. The van der Waals surface area contributed by atoms with Crippen molar-refractivity contribution in [3.05, 3.63) is 71.8 Å². The van der Waals surface area contributed by atoms with E-state index >= 15 is 0 Å². The van der Waals surface area contributed by atoms with Crippen molar-refractivity contribution >= 4 is 11.6 Å². The fraction of sp³-hybridized carbons (Fsp3) is 0.333. The van der Waals surface area contributed by atoms with E-state index in [1.807, 2.05) is 55.5 Å². The minimum absolute atomic E-state index is 0.0559. The monoisotopic (exact) mass is 338 g/mol. The van der Waals surface area contributed by atoms with Gasteiger partial charge in [0.2, 0.25) is 0 Å². The molecule has 0 heterocycles. The van der Waals surface area contributed by atoms with Crippen LogP contribution in [-0.4, -0.2) is 18.7 Å². The van der Waals surface area contributed by atoms with Crippen LogP contribution in [0.3, 0.4) is 0 Å². The zero-order valence-electron chi connectivity index (χ0n) is 15.3. The molecule has 1 unspecified atom stereocenters. The first-order valence-corrected chi connectivity index (χ1v) is 8.40. The third kappa shape index (κ3) is 5.26. The lowest BCUT2D eigenvalue weighted by Crippen LogP contribution is -2.28. The fourth-order valence-electron chi connectivity index (χ4n) is 2.90. The second-order valence-electron chi connectivity index (χ2n) is 6.78. The summed E-state index contributed by atoms with van der Waals surface area (Å²) in [7, 11) is 1.52. The first-order valence-electron chi connectivity index (χ1n) is 8.40. The Morgan fingerprint density at radius 1 is 1.08 bits per heavy atom. The predicted molar refractivity (Wildman–Crippen MR) is 102 cm³/mol. The molecule has 132 valence electrons. The van der Waals surface area contributed by atoms with E-state index in [4.69, 9.17) is 4.74 Å². The number of amides is 1. The quantitative estimate of drug-likeness (QED) is 0.606. The molecule has 4 heteroatoms. The number of benzene rings is 2. The normalized spacial score (nSPS) is 13.4. The Morgan fingerprint density at radius 3 is 2.20 bits per heavy atom. The lowest BCUT2D eigenvalue weighted by molar-refractivity contribution is -0.131. The number of methoxy groups -OCH3 is 1. The molecule has 0 spiro atoms. The van der Waals surface area contributed by atoms with Gasteiger partial charge in [-0.05, 0) is 29.9 Å². The number of rotatable bonds is 7. The van der Waals surface area contributed by atoms with Crippen LogP contribution in [-0.2, 0) is 14.9 Å². The number of hydrogen-bond acceptors (Lipinski definition) is 3. The predicted octanol–water partition coefficient (Wildman–Crippen LogP) is 4.23. The van der Waals surface area contributed by atoms with E-state index in [1.54, 1.807) is 0 Å². The van der Waals surface area contributed by atoms with Gasteiger partial charge in [-0.25, -0.2) is 5.43 Å². The molecule has 0 fully saturated rings. The van der Waals surface area contributed by atoms with E-state index in [0.29, 0.717) is 0 Å². The maximum absolute atomic E-state index is 12.4. The highest BCUT2D eigenvalue weighted by atomic mass is 16.5. The Kier molecular flexibility index (Phi) is 6.48. The molecule has 0 aromatic heterocycles. The summed E-state index contributed by atoms with van der Waals surface area (Å²) in [5.41, 5.74) is 5.49. The van der Waals surface area contributed by atoms with Crippen molar-refractivity contribution in [2.75, 3.05) is 7.11 Å². The third-order valence-corrected chi connectivity index (χ3v) is 4.19. The maximum Gasteiger partial charge on any atom is 0.273 e. The topological polar surface area (TPSA) is 50.7 Å². The SMILES string of the molecule is COC(C(=O)N/N=C(\C)CC(C)(C)c1ccccc1)c1ccccc1. The van der Waals surface area contributed by atoms with Crippen LogP contribution in [0, 0.1) is 0 Å². The minimum atomic E-state index is -0.667. The molecule has 2 aromatic rings. The van der Waals surface area contributed by atoms with E-state index in [0.717, 1.165) is 17.7 Å². The van der Waals surface area contributed by atoms with Crippen LogP contribution >= 0.6 is 0 Å².